The maximum atomic E-state index is 13.0. The van der Waals surface area contributed by atoms with Crippen molar-refractivity contribution in [2.45, 2.75) is 20.0 Å². The summed E-state index contributed by atoms with van der Waals surface area (Å²) in [5.41, 5.74) is 0.664. The number of hydrogen-bond acceptors (Lipinski definition) is 6. The monoisotopic (exact) mass is 399 g/mol. The summed E-state index contributed by atoms with van der Waals surface area (Å²) in [6.45, 7) is 3.80. The molecule has 3 aromatic rings. The van der Waals surface area contributed by atoms with Crippen molar-refractivity contribution >= 4 is 39.0 Å². The third kappa shape index (κ3) is 3.94. The Morgan fingerprint density at radius 1 is 1.07 bits per heavy atom. The topological polar surface area (TPSA) is 73.9 Å². The fourth-order valence-corrected chi connectivity index (χ4v) is 3.75. The van der Waals surface area contributed by atoms with Gasteiger partial charge in [-0.1, -0.05) is 12.1 Å². The zero-order valence-corrected chi connectivity index (χ0v) is 16.9. The minimum Gasteiger partial charge on any atom is -0.497 e. The van der Waals surface area contributed by atoms with Crippen molar-refractivity contribution in [2.24, 2.45) is 0 Å². The summed E-state index contributed by atoms with van der Waals surface area (Å²) in [6, 6.07) is 12.3. The molecule has 0 saturated carbocycles. The second-order valence-corrected chi connectivity index (χ2v) is 7.33. The SMILES string of the molecule is COC(=O)c1ccccc1NC(=O)c1sc2ccc(OC)cc2c1OC(C)C. The fourth-order valence-electron chi connectivity index (χ4n) is 2.74. The Kier molecular flexibility index (Phi) is 5.84. The Labute approximate surface area is 167 Å². The summed E-state index contributed by atoms with van der Waals surface area (Å²) >= 11 is 1.32. The first-order chi connectivity index (χ1) is 13.4. The van der Waals surface area contributed by atoms with Gasteiger partial charge >= 0.3 is 5.97 Å². The lowest BCUT2D eigenvalue weighted by Crippen LogP contribution is -2.16. The van der Waals surface area contributed by atoms with E-state index in [2.05, 4.69) is 5.32 Å². The van der Waals surface area contributed by atoms with E-state index >= 15 is 0 Å². The molecule has 0 radical (unpaired) electrons. The zero-order valence-electron chi connectivity index (χ0n) is 16.1. The Hall–Kier alpha value is -3.06. The molecule has 0 atom stereocenters. The molecule has 1 amide bonds. The largest absolute Gasteiger partial charge is 0.497 e. The normalized spacial score (nSPS) is 10.8. The number of carbonyl (C=O) groups excluding carboxylic acids is 2. The Morgan fingerprint density at radius 2 is 1.82 bits per heavy atom. The van der Waals surface area contributed by atoms with Crippen LogP contribution in [0, 0.1) is 0 Å². The van der Waals surface area contributed by atoms with Crippen molar-refractivity contribution in [1.29, 1.82) is 0 Å². The summed E-state index contributed by atoms with van der Waals surface area (Å²) in [5.74, 6) is 0.312. The van der Waals surface area contributed by atoms with Crippen LogP contribution in [-0.2, 0) is 4.74 Å². The van der Waals surface area contributed by atoms with E-state index in [0.29, 0.717) is 22.1 Å². The maximum Gasteiger partial charge on any atom is 0.339 e. The molecule has 0 aliphatic carbocycles. The Bertz CT molecular complexity index is 1020. The van der Waals surface area contributed by atoms with Crippen LogP contribution in [0.3, 0.4) is 0 Å². The van der Waals surface area contributed by atoms with Gasteiger partial charge in [-0.25, -0.2) is 4.79 Å². The van der Waals surface area contributed by atoms with Crippen molar-refractivity contribution in [1.82, 2.24) is 0 Å². The average Bonchev–Trinajstić information content (AvgIpc) is 3.05. The summed E-state index contributed by atoms with van der Waals surface area (Å²) in [6.07, 6.45) is -0.113. The van der Waals surface area contributed by atoms with Gasteiger partial charge in [0, 0.05) is 10.1 Å². The molecule has 7 heteroatoms. The molecule has 0 unspecified atom stereocenters. The number of fused-ring (bicyclic) bond motifs is 1. The number of hydrogen-bond donors (Lipinski definition) is 1. The number of methoxy groups -OCH3 is 2. The first-order valence-electron chi connectivity index (χ1n) is 8.70. The minimum absolute atomic E-state index is 0.113. The lowest BCUT2D eigenvalue weighted by Gasteiger charge is -2.13. The molecular weight excluding hydrogens is 378 g/mol. The molecule has 0 spiro atoms. The molecule has 146 valence electrons. The molecule has 1 N–H and O–H groups in total. The smallest absolute Gasteiger partial charge is 0.339 e. The molecule has 1 heterocycles. The van der Waals surface area contributed by atoms with Gasteiger partial charge in [0.05, 0.1) is 31.6 Å². The van der Waals surface area contributed by atoms with Gasteiger partial charge in [-0.3, -0.25) is 4.79 Å². The standard InChI is InChI=1S/C21H21NO5S/c1-12(2)27-18-15-11-13(25-3)9-10-17(15)28-19(18)20(23)22-16-8-6-5-7-14(16)21(24)26-4/h5-12H,1-4H3,(H,22,23). The number of benzene rings is 2. The number of thiophene rings is 1. The van der Waals surface area contributed by atoms with Crippen LogP contribution in [0.15, 0.2) is 42.5 Å². The van der Waals surface area contributed by atoms with E-state index in [-0.39, 0.29) is 17.6 Å². The Balaban J connectivity index is 2.03. The predicted molar refractivity (Wildman–Crippen MR) is 110 cm³/mol. The van der Waals surface area contributed by atoms with Crippen LogP contribution in [0.25, 0.3) is 10.1 Å². The quantitative estimate of drug-likeness (QED) is 0.606. The molecule has 0 fully saturated rings. The maximum absolute atomic E-state index is 13.0. The first-order valence-corrected chi connectivity index (χ1v) is 9.52. The van der Waals surface area contributed by atoms with E-state index < -0.39 is 5.97 Å². The summed E-state index contributed by atoms with van der Waals surface area (Å²) in [7, 11) is 2.89. The summed E-state index contributed by atoms with van der Waals surface area (Å²) < 4.78 is 17.0. The first kappa shape index (κ1) is 19.7. The van der Waals surface area contributed by atoms with E-state index in [4.69, 9.17) is 14.2 Å². The van der Waals surface area contributed by atoms with Crippen LogP contribution >= 0.6 is 11.3 Å². The van der Waals surface area contributed by atoms with Gasteiger partial charge in [0.2, 0.25) is 0 Å². The van der Waals surface area contributed by atoms with E-state index in [1.165, 1.54) is 18.4 Å². The Morgan fingerprint density at radius 3 is 2.50 bits per heavy atom. The van der Waals surface area contributed by atoms with E-state index in [9.17, 15) is 9.59 Å². The molecule has 2 aromatic carbocycles. The number of para-hydroxylation sites is 1. The van der Waals surface area contributed by atoms with E-state index in [0.717, 1.165) is 10.1 Å². The number of carbonyl (C=O) groups is 2. The van der Waals surface area contributed by atoms with Crippen molar-refractivity contribution in [2.75, 3.05) is 19.5 Å². The fraction of sp³-hybridized carbons (Fsp3) is 0.238. The van der Waals surface area contributed by atoms with Crippen LogP contribution in [-0.4, -0.2) is 32.2 Å². The highest BCUT2D eigenvalue weighted by atomic mass is 32.1. The molecule has 0 bridgehead atoms. The van der Waals surface area contributed by atoms with Gasteiger partial charge in [-0.05, 0) is 44.2 Å². The molecule has 6 nitrogen and oxygen atoms in total. The highest BCUT2D eigenvalue weighted by Crippen LogP contribution is 2.40. The van der Waals surface area contributed by atoms with Crippen LogP contribution in [0.2, 0.25) is 0 Å². The highest BCUT2D eigenvalue weighted by molar-refractivity contribution is 7.21. The van der Waals surface area contributed by atoms with Crippen LogP contribution < -0.4 is 14.8 Å². The molecule has 0 saturated heterocycles. The van der Waals surface area contributed by atoms with Crippen molar-refractivity contribution in [3.63, 3.8) is 0 Å². The number of nitrogens with one attached hydrogen (secondary N) is 1. The van der Waals surface area contributed by atoms with Crippen molar-refractivity contribution in [3.05, 3.63) is 52.9 Å². The number of esters is 1. The van der Waals surface area contributed by atoms with Crippen LogP contribution in [0.5, 0.6) is 11.5 Å². The second-order valence-electron chi connectivity index (χ2n) is 6.28. The van der Waals surface area contributed by atoms with Gasteiger partial charge < -0.3 is 19.5 Å². The molecule has 0 aliphatic rings. The third-order valence-electron chi connectivity index (χ3n) is 3.99. The number of rotatable bonds is 6. The molecule has 0 aliphatic heterocycles. The van der Waals surface area contributed by atoms with Gasteiger partial charge in [0.1, 0.15) is 10.6 Å². The molecule has 1 aromatic heterocycles. The lowest BCUT2D eigenvalue weighted by atomic mass is 10.1. The van der Waals surface area contributed by atoms with Gasteiger partial charge in [0.25, 0.3) is 5.91 Å². The van der Waals surface area contributed by atoms with E-state index in [1.807, 2.05) is 32.0 Å². The molecular formula is C21H21NO5S. The van der Waals surface area contributed by atoms with Gasteiger partial charge in [-0.2, -0.15) is 0 Å². The van der Waals surface area contributed by atoms with Crippen molar-refractivity contribution in [3.8, 4) is 11.5 Å². The van der Waals surface area contributed by atoms with Crippen molar-refractivity contribution < 1.29 is 23.8 Å². The van der Waals surface area contributed by atoms with Crippen LogP contribution in [0.1, 0.15) is 33.9 Å². The van der Waals surface area contributed by atoms with Gasteiger partial charge in [-0.15, -0.1) is 11.3 Å². The number of ether oxygens (including phenoxy) is 3. The summed E-state index contributed by atoms with van der Waals surface area (Å²) in [4.78, 5) is 25.4. The van der Waals surface area contributed by atoms with Crippen LogP contribution in [0.4, 0.5) is 5.69 Å². The minimum atomic E-state index is -0.518. The lowest BCUT2D eigenvalue weighted by molar-refractivity contribution is 0.0602. The highest BCUT2D eigenvalue weighted by Gasteiger charge is 2.23. The third-order valence-corrected chi connectivity index (χ3v) is 5.14. The van der Waals surface area contributed by atoms with Gasteiger partial charge in [0.15, 0.2) is 5.75 Å². The number of amides is 1. The van der Waals surface area contributed by atoms with E-state index in [1.54, 1.807) is 31.4 Å². The second kappa shape index (κ2) is 8.31. The predicted octanol–water partition coefficient (Wildman–Crippen LogP) is 4.74. The molecule has 3 rings (SSSR count). The average molecular weight is 399 g/mol. The number of anilines is 1. The molecule has 28 heavy (non-hydrogen) atoms. The zero-order chi connectivity index (χ0) is 20.3. The summed E-state index contributed by atoms with van der Waals surface area (Å²) in [5, 5.41) is 3.61.